The maximum atomic E-state index is 11.0. The lowest BCUT2D eigenvalue weighted by Gasteiger charge is -2.19. The second-order valence-corrected chi connectivity index (χ2v) is 6.33. The molecule has 0 aromatic heterocycles. The van der Waals surface area contributed by atoms with E-state index in [1.807, 2.05) is 44.2 Å². The minimum Gasteiger partial charge on any atom is -0.488 e. The van der Waals surface area contributed by atoms with Crippen LogP contribution in [0.5, 0.6) is 5.75 Å². The van der Waals surface area contributed by atoms with Crippen LogP contribution in [0.15, 0.2) is 36.4 Å². The maximum Gasteiger partial charge on any atom is 0.150 e. The molecule has 0 bridgehead atoms. The first-order valence-electron chi connectivity index (χ1n) is 8.10. The van der Waals surface area contributed by atoms with Crippen molar-refractivity contribution in [2.45, 2.75) is 45.3 Å². The van der Waals surface area contributed by atoms with Crippen LogP contribution in [0.25, 0.3) is 11.1 Å². The van der Waals surface area contributed by atoms with Gasteiger partial charge in [0.25, 0.3) is 0 Å². The Hall–Kier alpha value is -2.13. The Morgan fingerprint density at radius 2 is 1.87 bits per heavy atom. The van der Waals surface area contributed by atoms with E-state index in [1.165, 1.54) is 0 Å². The fourth-order valence-corrected chi connectivity index (χ4v) is 3.43. The highest BCUT2D eigenvalue weighted by atomic mass is 16.5. The van der Waals surface area contributed by atoms with Crippen LogP contribution in [-0.2, 0) is 0 Å². The van der Waals surface area contributed by atoms with Crippen molar-refractivity contribution >= 4 is 6.29 Å². The second-order valence-electron chi connectivity index (χ2n) is 6.33. The van der Waals surface area contributed by atoms with Crippen LogP contribution in [0.4, 0.5) is 0 Å². The van der Waals surface area contributed by atoms with Crippen molar-refractivity contribution in [3.05, 3.63) is 53.1 Å². The Morgan fingerprint density at radius 3 is 2.48 bits per heavy atom. The number of hydrogen-bond acceptors (Lipinski definition) is 3. The molecular formula is C20H22O3. The number of hydrogen-bond donors (Lipinski definition) is 1. The highest BCUT2D eigenvalue weighted by molar-refractivity contribution is 5.80. The van der Waals surface area contributed by atoms with Gasteiger partial charge >= 0.3 is 0 Å². The molecule has 3 rings (SSSR count). The van der Waals surface area contributed by atoms with E-state index in [4.69, 9.17) is 4.74 Å². The van der Waals surface area contributed by atoms with Crippen LogP contribution < -0.4 is 4.74 Å². The molecule has 0 amide bonds. The molecule has 1 N–H and O–H groups in total. The summed E-state index contributed by atoms with van der Waals surface area (Å²) in [5.41, 5.74) is 5.06. The molecule has 0 aliphatic heterocycles. The van der Waals surface area contributed by atoms with Crippen LogP contribution >= 0.6 is 0 Å². The smallest absolute Gasteiger partial charge is 0.150 e. The van der Waals surface area contributed by atoms with Crippen molar-refractivity contribution in [2.24, 2.45) is 0 Å². The van der Waals surface area contributed by atoms with Crippen LogP contribution in [0.2, 0.25) is 0 Å². The van der Waals surface area contributed by atoms with Crippen molar-refractivity contribution in [2.75, 3.05) is 0 Å². The number of ether oxygens (including phenoxy) is 1. The molecule has 3 nitrogen and oxygen atoms in total. The zero-order valence-corrected chi connectivity index (χ0v) is 13.6. The molecular weight excluding hydrogens is 288 g/mol. The van der Waals surface area contributed by atoms with Crippen LogP contribution in [-0.4, -0.2) is 23.6 Å². The molecule has 0 radical (unpaired) electrons. The summed E-state index contributed by atoms with van der Waals surface area (Å²) in [4.78, 5) is 11.0. The van der Waals surface area contributed by atoms with E-state index in [0.717, 1.165) is 53.6 Å². The summed E-state index contributed by atoms with van der Waals surface area (Å²) in [5.74, 6) is 0.807. The molecule has 3 heteroatoms. The summed E-state index contributed by atoms with van der Waals surface area (Å²) in [5, 5.41) is 9.92. The summed E-state index contributed by atoms with van der Waals surface area (Å²) >= 11 is 0. The van der Waals surface area contributed by atoms with Gasteiger partial charge in [-0.25, -0.2) is 0 Å². The SMILES string of the molecule is Cc1cc(OC2CCCC2O)cc(C)c1-c1cccc(C=O)c1. The van der Waals surface area contributed by atoms with Crippen molar-refractivity contribution in [1.82, 2.24) is 0 Å². The minimum atomic E-state index is -0.362. The molecule has 0 spiro atoms. The van der Waals surface area contributed by atoms with E-state index >= 15 is 0 Å². The molecule has 2 unspecified atom stereocenters. The predicted octanol–water partition coefficient (Wildman–Crippen LogP) is 4.08. The van der Waals surface area contributed by atoms with Crippen molar-refractivity contribution in [3.8, 4) is 16.9 Å². The van der Waals surface area contributed by atoms with Crippen LogP contribution in [0.1, 0.15) is 40.7 Å². The molecule has 1 saturated carbocycles. The number of aliphatic hydroxyl groups excluding tert-OH is 1. The standard InChI is InChI=1S/C20H22O3/c1-13-9-17(23-19-8-4-7-18(19)22)10-14(2)20(13)16-6-3-5-15(11-16)12-21/h3,5-6,9-12,18-19,22H,4,7-8H2,1-2H3. The molecule has 1 aliphatic rings. The van der Waals surface area contributed by atoms with Gasteiger partial charge in [-0.2, -0.15) is 0 Å². The Balaban J connectivity index is 1.92. The third kappa shape index (κ3) is 3.30. The zero-order valence-electron chi connectivity index (χ0n) is 13.6. The van der Waals surface area contributed by atoms with Crippen molar-refractivity contribution < 1.29 is 14.6 Å². The van der Waals surface area contributed by atoms with Gasteiger partial charge in [-0.3, -0.25) is 4.79 Å². The number of aldehydes is 1. The molecule has 23 heavy (non-hydrogen) atoms. The molecule has 1 fully saturated rings. The first kappa shape index (κ1) is 15.8. The highest BCUT2D eigenvalue weighted by Gasteiger charge is 2.27. The van der Waals surface area contributed by atoms with E-state index in [9.17, 15) is 9.90 Å². The molecule has 0 saturated heterocycles. The van der Waals surface area contributed by atoms with Crippen LogP contribution in [0, 0.1) is 13.8 Å². The second kappa shape index (κ2) is 6.55. The lowest BCUT2D eigenvalue weighted by atomic mass is 9.94. The van der Waals surface area contributed by atoms with Crippen LogP contribution in [0.3, 0.4) is 0 Å². The Labute approximate surface area is 136 Å². The predicted molar refractivity (Wildman–Crippen MR) is 91.0 cm³/mol. The quantitative estimate of drug-likeness (QED) is 0.866. The maximum absolute atomic E-state index is 11.0. The zero-order chi connectivity index (χ0) is 16.4. The van der Waals surface area contributed by atoms with E-state index in [0.29, 0.717) is 5.56 Å². The summed E-state index contributed by atoms with van der Waals surface area (Å²) in [6.07, 6.45) is 3.15. The first-order chi connectivity index (χ1) is 11.1. The molecule has 0 heterocycles. The van der Waals surface area contributed by atoms with Gasteiger partial charge in [0.05, 0.1) is 6.10 Å². The summed E-state index contributed by atoms with van der Waals surface area (Å²) in [7, 11) is 0. The van der Waals surface area contributed by atoms with Gasteiger partial charge in [-0.15, -0.1) is 0 Å². The average Bonchev–Trinajstić information content (AvgIpc) is 2.92. The normalized spacial score (nSPS) is 20.5. The Bertz CT molecular complexity index is 698. The third-order valence-electron chi connectivity index (χ3n) is 4.52. The number of aryl methyl sites for hydroxylation is 2. The third-order valence-corrected chi connectivity index (χ3v) is 4.52. The monoisotopic (exact) mass is 310 g/mol. The van der Waals surface area contributed by atoms with Crippen molar-refractivity contribution in [3.63, 3.8) is 0 Å². The Morgan fingerprint density at radius 1 is 1.13 bits per heavy atom. The van der Waals surface area contributed by atoms with Gasteiger partial charge in [-0.05, 0) is 73.6 Å². The topological polar surface area (TPSA) is 46.5 Å². The first-order valence-corrected chi connectivity index (χ1v) is 8.10. The lowest BCUT2D eigenvalue weighted by molar-refractivity contribution is 0.0603. The fourth-order valence-electron chi connectivity index (χ4n) is 3.43. The van der Waals surface area contributed by atoms with E-state index in [1.54, 1.807) is 6.07 Å². The largest absolute Gasteiger partial charge is 0.488 e. The van der Waals surface area contributed by atoms with Gasteiger partial charge in [-0.1, -0.05) is 18.2 Å². The van der Waals surface area contributed by atoms with E-state index in [-0.39, 0.29) is 12.2 Å². The average molecular weight is 310 g/mol. The molecule has 2 aromatic rings. The fraction of sp³-hybridized carbons (Fsp3) is 0.350. The summed E-state index contributed by atoms with van der Waals surface area (Å²) in [6, 6.07) is 11.7. The molecule has 2 aromatic carbocycles. The molecule has 120 valence electrons. The van der Waals surface area contributed by atoms with E-state index < -0.39 is 0 Å². The number of rotatable bonds is 4. The van der Waals surface area contributed by atoms with Gasteiger partial charge in [0, 0.05) is 5.56 Å². The highest BCUT2D eigenvalue weighted by Crippen LogP contribution is 2.33. The van der Waals surface area contributed by atoms with Gasteiger partial charge in [0.1, 0.15) is 18.1 Å². The molecule has 1 aliphatic carbocycles. The van der Waals surface area contributed by atoms with Gasteiger partial charge < -0.3 is 9.84 Å². The lowest BCUT2D eigenvalue weighted by Crippen LogP contribution is -2.25. The van der Waals surface area contributed by atoms with Crippen molar-refractivity contribution in [1.29, 1.82) is 0 Å². The number of carbonyl (C=O) groups excluding carboxylic acids is 1. The number of carbonyl (C=O) groups is 1. The van der Waals surface area contributed by atoms with Gasteiger partial charge in [0.2, 0.25) is 0 Å². The minimum absolute atomic E-state index is 0.0990. The Kier molecular flexibility index (Phi) is 4.49. The number of aliphatic hydroxyl groups is 1. The summed E-state index contributed by atoms with van der Waals surface area (Å²) in [6.45, 7) is 4.10. The van der Waals surface area contributed by atoms with Gasteiger partial charge in [0.15, 0.2) is 0 Å². The van der Waals surface area contributed by atoms with E-state index in [2.05, 4.69) is 0 Å². The molecule has 2 atom stereocenters. The number of benzene rings is 2. The summed E-state index contributed by atoms with van der Waals surface area (Å²) < 4.78 is 5.98.